The highest BCUT2D eigenvalue weighted by molar-refractivity contribution is 7.89. The lowest BCUT2D eigenvalue weighted by Crippen LogP contribution is -2.48. The molecule has 0 amide bonds. The molecule has 1 saturated heterocycles. The molecule has 1 N–H and O–H groups in total. The molecule has 5 nitrogen and oxygen atoms in total. The molecule has 1 aromatic heterocycles. The zero-order chi connectivity index (χ0) is 16.6. The second-order valence-corrected chi connectivity index (χ2v) is 8.13. The van der Waals surface area contributed by atoms with Crippen LogP contribution in [0.1, 0.15) is 26.2 Å². The fourth-order valence-electron chi connectivity index (χ4n) is 3.17. The molecule has 7 heteroatoms. The van der Waals surface area contributed by atoms with Crippen LogP contribution in [-0.4, -0.2) is 41.5 Å². The van der Waals surface area contributed by atoms with E-state index in [1.54, 1.807) is 31.3 Å². The van der Waals surface area contributed by atoms with Gasteiger partial charge in [-0.25, -0.2) is 8.42 Å². The summed E-state index contributed by atoms with van der Waals surface area (Å²) in [6.07, 6.45) is 3.27. The van der Waals surface area contributed by atoms with Gasteiger partial charge in [-0.15, -0.1) is 0 Å². The number of sulfonamides is 1. The van der Waals surface area contributed by atoms with Gasteiger partial charge >= 0.3 is 0 Å². The third kappa shape index (κ3) is 2.96. The summed E-state index contributed by atoms with van der Waals surface area (Å²) in [4.78, 5) is 4.38. The molecule has 2 atom stereocenters. The van der Waals surface area contributed by atoms with E-state index in [1.807, 2.05) is 0 Å². The number of rotatable bonds is 3. The summed E-state index contributed by atoms with van der Waals surface area (Å²) in [6.45, 7) is 2.06. The Balaban J connectivity index is 2.15. The van der Waals surface area contributed by atoms with E-state index in [9.17, 15) is 13.5 Å². The standard InChI is InChI=1S/C16H19ClN2O3S/c1-11(20)14-6-2-3-10-19(14)23(21,22)15-8-7-13(17)16-12(15)5-4-9-18-16/h4-5,7-9,11,14,20H,2-3,6,10H2,1H3/t11-,14+/m0/s1. The molecule has 2 heterocycles. The molecule has 2 aromatic rings. The van der Waals surface area contributed by atoms with Crippen molar-refractivity contribution in [2.45, 2.75) is 43.2 Å². The van der Waals surface area contributed by atoms with Crippen molar-refractivity contribution < 1.29 is 13.5 Å². The van der Waals surface area contributed by atoms with Crippen LogP contribution in [0.5, 0.6) is 0 Å². The van der Waals surface area contributed by atoms with Crippen molar-refractivity contribution in [1.29, 1.82) is 0 Å². The average Bonchev–Trinajstić information content (AvgIpc) is 2.55. The summed E-state index contributed by atoms with van der Waals surface area (Å²) < 4.78 is 27.8. The minimum atomic E-state index is -3.72. The van der Waals surface area contributed by atoms with Gasteiger partial charge in [0, 0.05) is 18.1 Å². The van der Waals surface area contributed by atoms with Gasteiger partial charge in [0.25, 0.3) is 0 Å². The molecule has 1 aliphatic heterocycles. The SMILES string of the molecule is C[C@H](O)[C@H]1CCCCN1S(=O)(=O)c1ccc(Cl)c2ncccc12. The maximum absolute atomic E-state index is 13.2. The Hall–Kier alpha value is -1.21. The molecular formula is C16H19ClN2O3S. The molecule has 0 spiro atoms. The molecule has 1 aromatic carbocycles. The topological polar surface area (TPSA) is 70.5 Å². The molecule has 0 unspecified atom stereocenters. The number of pyridine rings is 1. The third-order valence-electron chi connectivity index (χ3n) is 4.32. The first kappa shape index (κ1) is 16.6. The summed E-state index contributed by atoms with van der Waals surface area (Å²) >= 11 is 6.13. The van der Waals surface area contributed by atoms with Crippen LogP contribution in [0.2, 0.25) is 5.02 Å². The molecule has 124 valence electrons. The number of benzene rings is 1. The normalized spacial score (nSPS) is 21.4. The molecule has 1 fully saturated rings. The molecule has 1 aliphatic rings. The minimum Gasteiger partial charge on any atom is -0.392 e. The molecule has 0 radical (unpaired) electrons. The average molecular weight is 355 g/mol. The van der Waals surface area contributed by atoms with Gasteiger partial charge in [-0.2, -0.15) is 4.31 Å². The van der Waals surface area contributed by atoms with Gasteiger partial charge in [0.05, 0.1) is 27.6 Å². The first-order valence-electron chi connectivity index (χ1n) is 7.66. The van der Waals surface area contributed by atoms with Gasteiger partial charge in [0.15, 0.2) is 0 Å². The quantitative estimate of drug-likeness (QED) is 0.920. The second-order valence-electron chi connectivity index (χ2n) is 5.86. The van der Waals surface area contributed by atoms with Crippen LogP contribution in [0.4, 0.5) is 0 Å². The van der Waals surface area contributed by atoms with E-state index in [0.717, 1.165) is 12.8 Å². The molecule has 0 saturated carbocycles. The van der Waals surface area contributed by atoms with E-state index in [-0.39, 0.29) is 4.90 Å². The number of piperidine rings is 1. The number of fused-ring (bicyclic) bond motifs is 1. The van der Waals surface area contributed by atoms with Gasteiger partial charge in [-0.05, 0) is 44.0 Å². The highest BCUT2D eigenvalue weighted by Crippen LogP contribution is 2.33. The fraction of sp³-hybridized carbons (Fsp3) is 0.438. The van der Waals surface area contributed by atoms with Crippen molar-refractivity contribution in [2.24, 2.45) is 0 Å². The molecule has 23 heavy (non-hydrogen) atoms. The monoisotopic (exact) mass is 354 g/mol. The van der Waals surface area contributed by atoms with E-state index in [2.05, 4.69) is 4.98 Å². The van der Waals surface area contributed by atoms with Gasteiger partial charge in [0.1, 0.15) is 0 Å². The van der Waals surface area contributed by atoms with Crippen LogP contribution < -0.4 is 0 Å². The first-order valence-corrected chi connectivity index (χ1v) is 9.48. The number of aromatic nitrogens is 1. The summed E-state index contributed by atoms with van der Waals surface area (Å²) in [5.41, 5.74) is 0.473. The third-order valence-corrected chi connectivity index (χ3v) is 6.61. The van der Waals surface area contributed by atoms with Crippen LogP contribution in [-0.2, 0) is 10.0 Å². The van der Waals surface area contributed by atoms with Crippen LogP contribution in [0.3, 0.4) is 0 Å². The van der Waals surface area contributed by atoms with Crippen LogP contribution in [0.25, 0.3) is 10.9 Å². The van der Waals surface area contributed by atoms with E-state index >= 15 is 0 Å². The van der Waals surface area contributed by atoms with Crippen molar-refractivity contribution in [1.82, 2.24) is 9.29 Å². The van der Waals surface area contributed by atoms with E-state index in [4.69, 9.17) is 11.6 Å². The Morgan fingerprint density at radius 2 is 2.13 bits per heavy atom. The highest BCUT2D eigenvalue weighted by Gasteiger charge is 2.36. The number of aliphatic hydroxyl groups is 1. The fourth-order valence-corrected chi connectivity index (χ4v) is 5.33. The summed E-state index contributed by atoms with van der Waals surface area (Å²) in [5.74, 6) is 0. The lowest BCUT2D eigenvalue weighted by Gasteiger charge is -2.36. The molecule has 0 aliphatic carbocycles. The predicted molar refractivity (Wildman–Crippen MR) is 90.0 cm³/mol. The Bertz CT molecular complexity index is 823. The first-order chi connectivity index (χ1) is 10.9. The van der Waals surface area contributed by atoms with Crippen molar-refractivity contribution >= 4 is 32.5 Å². The number of hydrogen-bond acceptors (Lipinski definition) is 4. The van der Waals surface area contributed by atoms with Crippen molar-refractivity contribution in [3.05, 3.63) is 35.5 Å². The maximum atomic E-state index is 13.2. The van der Waals surface area contributed by atoms with Gasteiger partial charge in [0.2, 0.25) is 10.0 Å². The van der Waals surface area contributed by atoms with Crippen LogP contribution in [0, 0.1) is 0 Å². The Morgan fingerprint density at radius 3 is 2.87 bits per heavy atom. The smallest absolute Gasteiger partial charge is 0.244 e. The van der Waals surface area contributed by atoms with E-state index in [1.165, 1.54) is 10.4 Å². The lowest BCUT2D eigenvalue weighted by molar-refractivity contribution is 0.0831. The summed E-state index contributed by atoms with van der Waals surface area (Å²) in [6, 6.07) is 6.10. The molecular weight excluding hydrogens is 336 g/mol. The molecule has 0 bridgehead atoms. The largest absolute Gasteiger partial charge is 0.392 e. The van der Waals surface area contributed by atoms with Crippen molar-refractivity contribution in [3.63, 3.8) is 0 Å². The zero-order valence-electron chi connectivity index (χ0n) is 12.8. The van der Waals surface area contributed by atoms with Crippen molar-refractivity contribution in [3.8, 4) is 0 Å². The highest BCUT2D eigenvalue weighted by atomic mass is 35.5. The summed E-state index contributed by atoms with van der Waals surface area (Å²) in [7, 11) is -3.72. The molecule has 3 rings (SSSR count). The Morgan fingerprint density at radius 1 is 1.35 bits per heavy atom. The second kappa shape index (κ2) is 6.36. The van der Waals surface area contributed by atoms with Crippen molar-refractivity contribution in [2.75, 3.05) is 6.54 Å². The number of nitrogens with zero attached hydrogens (tertiary/aromatic N) is 2. The summed E-state index contributed by atoms with van der Waals surface area (Å²) in [5, 5.41) is 10.9. The number of hydrogen-bond donors (Lipinski definition) is 1. The van der Waals surface area contributed by atoms with E-state index in [0.29, 0.717) is 28.9 Å². The Labute approximate surface area is 140 Å². The van der Waals surface area contributed by atoms with Gasteiger partial charge in [-0.3, -0.25) is 4.98 Å². The Kier molecular flexibility index (Phi) is 4.60. The van der Waals surface area contributed by atoms with Crippen LogP contribution >= 0.6 is 11.6 Å². The predicted octanol–water partition coefficient (Wildman–Crippen LogP) is 2.81. The van der Waals surface area contributed by atoms with Crippen LogP contribution in [0.15, 0.2) is 35.4 Å². The maximum Gasteiger partial charge on any atom is 0.244 e. The van der Waals surface area contributed by atoms with Gasteiger partial charge in [-0.1, -0.05) is 18.0 Å². The minimum absolute atomic E-state index is 0.192. The van der Waals surface area contributed by atoms with E-state index < -0.39 is 22.2 Å². The zero-order valence-corrected chi connectivity index (χ0v) is 14.4. The number of aliphatic hydroxyl groups excluding tert-OH is 1. The van der Waals surface area contributed by atoms with Gasteiger partial charge < -0.3 is 5.11 Å². The number of halogens is 1. The lowest BCUT2D eigenvalue weighted by atomic mass is 10.0.